The molecule has 3 aromatic heterocycles. The van der Waals surface area contributed by atoms with Gasteiger partial charge < -0.3 is 14.3 Å². The van der Waals surface area contributed by atoms with E-state index in [2.05, 4.69) is 30.1 Å². The summed E-state index contributed by atoms with van der Waals surface area (Å²) < 4.78 is 7.06. The number of anilines is 1. The number of amides is 1. The van der Waals surface area contributed by atoms with Crippen LogP contribution in [0.25, 0.3) is 5.78 Å². The van der Waals surface area contributed by atoms with Crippen LogP contribution in [0, 0.1) is 6.92 Å². The zero-order valence-corrected chi connectivity index (χ0v) is 18.0. The predicted molar refractivity (Wildman–Crippen MR) is 110 cm³/mol. The molecule has 0 spiro atoms. The number of rotatable bonds is 5. The Morgan fingerprint density at radius 2 is 1.93 bits per heavy atom. The molecule has 0 radical (unpaired) electrons. The molecule has 0 bridgehead atoms. The lowest BCUT2D eigenvalue weighted by Gasteiger charge is -2.36. The highest BCUT2D eigenvalue weighted by Gasteiger charge is 2.24. The van der Waals surface area contributed by atoms with E-state index in [1.807, 2.05) is 38.7 Å². The summed E-state index contributed by atoms with van der Waals surface area (Å²) in [4.78, 5) is 29.8. The third-order valence-corrected chi connectivity index (χ3v) is 5.24. The van der Waals surface area contributed by atoms with Crippen LogP contribution in [0.15, 0.2) is 16.9 Å². The lowest BCUT2D eigenvalue weighted by atomic mass is 9.96. The monoisotopic (exact) mass is 412 g/mol. The Balaban J connectivity index is 1.28. The summed E-state index contributed by atoms with van der Waals surface area (Å²) in [6, 6.07) is 2.01. The van der Waals surface area contributed by atoms with E-state index in [1.54, 1.807) is 4.52 Å². The molecule has 1 amide bonds. The molecule has 10 nitrogen and oxygen atoms in total. The molecule has 30 heavy (non-hydrogen) atoms. The maximum absolute atomic E-state index is 12.6. The topological polar surface area (TPSA) is 106 Å². The highest BCUT2D eigenvalue weighted by atomic mass is 16.5. The van der Waals surface area contributed by atoms with Crippen LogP contribution in [-0.2, 0) is 16.6 Å². The summed E-state index contributed by atoms with van der Waals surface area (Å²) in [5.41, 5.74) is 0.766. The Labute approximate surface area is 175 Å². The van der Waals surface area contributed by atoms with Gasteiger partial charge in [-0.1, -0.05) is 25.9 Å². The van der Waals surface area contributed by atoms with Crippen molar-refractivity contribution < 1.29 is 9.32 Å². The first-order chi connectivity index (χ1) is 14.3. The van der Waals surface area contributed by atoms with Crippen LogP contribution in [0.5, 0.6) is 0 Å². The first kappa shape index (κ1) is 20.2. The van der Waals surface area contributed by atoms with Gasteiger partial charge in [-0.05, 0) is 13.3 Å². The number of aromatic nitrogens is 6. The Bertz CT molecular complexity index is 1030. The van der Waals surface area contributed by atoms with Crippen molar-refractivity contribution in [1.29, 1.82) is 0 Å². The third-order valence-electron chi connectivity index (χ3n) is 5.24. The molecule has 0 aliphatic carbocycles. The normalized spacial score (nSPS) is 15.2. The van der Waals surface area contributed by atoms with Gasteiger partial charge in [-0.15, -0.1) is 0 Å². The number of carbonyl (C=O) groups excluding carboxylic acids is 1. The zero-order valence-electron chi connectivity index (χ0n) is 18.0. The molecule has 1 aliphatic rings. The van der Waals surface area contributed by atoms with Gasteiger partial charge in [0, 0.05) is 56.2 Å². The Hall–Kier alpha value is -3.04. The highest BCUT2D eigenvalue weighted by Crippen LogP contribution is 2.20. The molecule has 0 atom stereocenters. The van der Waals surface area contributed by atoms with E-state index in [0.717, 1.165) is 24.6 Å². The lowest BCUT2D eigenvalue weighted by molar-refractivity contribution is -0.131. The van der Waals surface area contributed by atoms with Crippen LogP contribution in [0.3, 0.4) is 0 Å². The van der Waals surface area contributed by atoms with Crippen molar-refractivity contribution in [1.82, 2.24) is 34.6 Å². The van der Waals surface area contributed by atoms with Crippen LogP contribution >= 0.6 is 0 Å². The predicted octanol–water partition coefficient (Wildman–Crippen LogP) is 1.78. The van der Waals surface area contributed by atoms with E-state index < -0.39 is 0 Å². The van der Waals surface area contributed by atoms with Gasteiger partial charge >= 0.3 is 0 Å². The molecular formula is C20H28N8O2. The van der Waals surface area contributed by atoms with E-state index in [0.29, 0.717) is 49.8 Å². The largest absolute Gasteiger partial charge is 0.353 e. The summed E-state index contributed by atoms with van der Waals surface area (Å²) in [5.74, 6) is 3.03. The summed E-state index contributed by atoms with van der Waals surface area (Å²) in [6.45, 7) is 11.0. The van der Waals surface area contributed by atoms with E-state index in [1.165, 1.54) is 6.33 Å². The molecule has 4 heterocycles. The van der Waals surface area contributed by atoms with Gasteiger partial charge in [-0.2, -0.15) is 19.6 Å². The number of hydrogen-bond donors (Lipinski definition) is 0. The fourth-order valence-corrected chi connectivity index (χ4v) is 3.53. The van der Waals surface area contributed by atoms with Gasteiger partial charge in [0.2, 0.25) is 11.8 Å². The van der Waals surface area contributed by atoms with Gasteiger partial charge in [-0.25, -0.2) is 4.98 Å². The van der Waals surface area contributed by atoms with Crippen molar-refractivity contribution >= 4 is 17.5 Å². The summed E-state index contributed by atoms with van der Waals surface area (Å²) in [7, 11) is 0. The zero-order chi connectivity index (χ0) is 21.3. The average Bonchev–Trinajstić information content (AvgIpc) is 3.36. The van der Waals surface area contributed by atoms with Crippen molar-refractivity contribution in [2.45, 2.75) is 52.4 Å². The Kier molecular flexibility index (Phi) is 5.40. The number of aryl methyl sites for hydroxylation is 2. The van der Waals surface area contributed by atoms with Gasteiger partial charge in [-0.3, -0.25) is 4.79 Å². The first-order valence-corrected chi connectivity index (χ1v) is 10.3. The average molecular weight is 412 g/mol. The SMILES string of the molecule is Cc1cc(N2CCN(C(=O)CCCc3nc(C(C)(C)C)no3)CC2)n2ncnc2n1. The Morgan fingerprint density at radius 1 is 1.17 bits per heavy atom. The fourth-order valence-electron chi connectivity index (χ4n) is 3.53. The van der Waals surface area contributed by atoms with Gasteiger partial charge in [0.25, 0.3) is 5.78 Å². The molecule has 3 aromatic rings. The van der Waals surface area contributed by atoms with Crippen LogP contribution in [-0.4, -0.2) is 66.7 Å². The Morgan fingerprint density at radius 3 is 2.63 bits per heavy atom. The fraction of sp³-hybridized carbons (Fsp3) is 0.600. The molecule has 1 saturated heterocycles. The molecule has 0 unspecified atom stereocenters. The van der Waals surface area contributed by atoms with Crippen molar-refractivity contribution in [2.24, 2.45) is 0 Å². The van der Waals surface area contributed by atoms with Crippen molar-refractivity contribution in [3.05, 3.63) is 29.8 Å². The van der Waals surface area contributed by atoms with Crippen LogP contribution in [0.1, 0.15) is 51.0 Å². The molecule has 1 fully saturated rings. The smallest absolute Gasteiger partial charge is 0.254 e. The molecule has 0 aromatic carbocycles. The quantitative estimate of drug-likeness (QED) is 0.624. The van der Waals surface area contributed by atoms with E-state index in [9.17, 15) is 4.79 Å². The van der Waals surface area contributed by atoms with E-state index in [4.69, 9.17) is 4.52 Å². The minimum absolute atomic E-state index is 0.136. The van der Waals surface area contributed by atoms with Crippen molar-refractivity contribution in [3.8, 4) is 0 Å². The van der Waals surface area contributed by atoms with Crippen molar-refractivity contribution in [2.75, 3.05) is 31.1 Å². The minimum Gasteiger partial charge on any atom is -0.353 e. The molecule has 4 rings (SSSR count). The summed E-state index contributed by atoms with van der Waals surface area (Å²) >= 11 is 0. The molecule has 1 aliphatic heterocycles. The maximum atomic E-state index is 12.6. The van der Waals surface area contributed by atoms with Crippen LogP contribution in [0.4, 0.5) is 5.82 Å². The maximum Gasteiger partial charge on any atom is 0.254 e. The highest BCUT2D eigenvalue weighted by molar-refractivity contribution is 5.76. The van der Waals surface area contributed by atoms with Gasteiger partial charge in [0.1, 0.15) is 12.1 Å². The summed E-state index contributed by atoms with van der Waals surface area (Å²) in [6.07, 6.45) is 3.32. The van der Waals surface area contributed by atoms with E-state index in [-0.39, 0.29) is 11.3 Å². The minimum atomic E-state index is -0.136. The summed E-state index contributed by atoms with van der Waals surface area (Å²) in [5, 5.41) is 8.31. The lowest BCUT2D eigenvalue weighted by Crippen LogP contribution is -2.49. The number of hydrogen-bond acceptors (Lipinski definition) is 8. The standard InChI is InChI=1S/C20H28N8O2/c1-14-12-16(28-19(23-14)21-13-22-28)26-8-10-27(11-9-26)17(29)7-5-6-15-24-18(25-30-15)20(2,3)4/h12-13H,5-11H2,1-4H3. The molecule has 160 valence electrons. The molecular weight excluding hydrogens is 384 g/mol. The van der Waals surface area contributed by atoms with Crippen LogP contribution in [0.2, 0.25) is 0 Å². The second-order valence-corrected chi connectivity index (χ2v) is 8.71. The molecule has 0 saturated carbocycles. The number of carbonyl (C=O) groups is 1. The van der Waals surface area contributed by atoms with Crippen molar-refractivity contribution in [3.63, 3.8) is 0 Å². The second kappa shape index (κ2) is 8.00. The number of fused-ring (bicyclic) bond motifs is 1. The molecule has 0 N–H and O–H groups in total. The molecule has 10 heteroatoms. The third kappa shape index (κ3) is 4.27. The first-order valence-electron chi connectivity index (χ1n) is 10.3. The number of nitrogens with zero attached hydrogens (tertiary/aromatic N) is 8. The van der Waals surface area contributed by atoms with Gasteiger partial charge in [0.15, 0.2) is 5.82 Å². The second-order valence-electron chi connectivity index (χ2n) is 8.71. The van der Waals surface area contributed by atoms with Gasteiger partial charge in [0.05, 0.1) is 0 Å². The van der Waals surface area contributed by atoms with Crippen LogP contribution < -0.4 is 4.90 Å². The number of piperazine rings is 1. The van der Waals surface area contributed by atoms with E-state index >= 15 is 0 Å².